The van der Waals surface area contributed by atoms with E-state index in [4.69, 9.17) is 0 Å². The van der Waals surface area contributed by atoms with Crippen LogP contribution in [-0.2, 0) is 9.59 Å². The summed E-state index contributed by atoms with van der Waals surface area (Å²) in [5.41, 5.74) is 0.224. The fourth-order valence-corrected chi connectivity index (χ4v) is 5.17. The van der Waals surface area contributed by atoms with Gasteiger partial charge in [-0.2, -0.15) is 0 Å². The Morgan fingerprint density at radius 1 is 0.931 bits per heavy atom. The van der Waals surface area contributed by atoms with Crippen LogP contribution in [0.15, 0.2) is 48.5 Å². The summed E-state index contributed by atoms with van der Waals surface area (Å²) in [6.45, 7) is 0.621. The fraction of sp³-hybridized carbons (Fsp3) is 0.318. The van der Waals surface area contributed by atoms with Crippen molar-refractivity contribution >= 4 is 23.3 Å². The summed E-state index contributed by atoms with van der Waals surface area (Å²) >= 11 is 0. The largest absolute Gasteiger partial charge is 0.292 e. The van der Waals surface area contributed by atoms with Crippen LogP contribution in [0.25, 0.3) is 0 Å². The van der Waals surface area contributed by atoms with Crippen LogP contribution in [-0.4, -0.2) is 41.1 Å². The normalized spacial score (nSPS) is 28.7. The second kappa shape index (κ2) is 6.56. The SMILES string of the molecule is O=C(c1ccc(F)cc1)[C@@H]1[C@@H]2C(=O)N(c3ccccc3F)C(=O)[C@@H]2[C@H]2CCCN21. The third-order valence-corrected chi connectivity index (χ3v) is 6.34. The van der Waals surface area contributed by atoms with Crippen molar-refractivity contribution in [2.45, 2.75) is 24.9 Å². The summed E-state index contributed by atoms with van der Waals surface area (Å²) in [5, 5.41) is 0. The molecule has 7 heteroatoms. The minimum absolute atomic E-state index is 0.0746. The lowest BCUT2D eigenvalue weighted by Crippen LogP contribution is -2.46. The highest BCUT2D eigenvalue weighted by molar-refractivity contribution is 6.24. The number of anilines is 1. The van der Waals surface area contributed by atoms with Crippen molar-refractivity contribution in [3.8, 4) is 0 Å². The Morgan fingerprint density at radius 3 is 2.34 bits per heavy atom. The van der Waals surface area contributed by atoms with Gasteiger partial charge in [-0.05, 0) is 55.8 Å². The predicted octanol–water partition coefficient (Wildman–Crippen LogP) is 2.80. The van der Waals surface area contributed by atoms with E-state index in [-0.39, 0.29) is 17.5 Å². The maximum Gasteiger partial charge on any atom is 0.239 e. The molecular formula is C22H18F2N2O3. The zero-order chi connectivity index (χ0) is 20.3. The maximum absolute atomic E-state index is 14.3. The van der Waals surface area contributed by atoms with Gasteiger partial charge in [-0.1, -0.05) is 12.1 Å². The summed E-state index contributed by atoms with van der Waals surface area (Å²) in [6.07, 6.45) is 1.53. The average Bonchev–Trinajstić information content (AvgIpc) is 3.35. The van der Waals surface area contributed by atoms with E-state index in [1.807, 2.05) is 4.90 Å². The van der Waals surface area contributed by atoms with E-state index in [0.717, 1.165) is 11.3 Å². The summed E-state index contributed by atoms with van der Waals surface area (Å²) in [7, 11) is 0. The fourth-order valence-electron chi connectivity index (χ4n) is 5.17. The van der Waals surface area contributed by atoms with Crippen molar-refractivity contribution in [3.05, 3.63) is 65.7 Å². The summed E-state index contributed by atoms with van der Waals surface area (Å²) in [4.78, 5) is 42.6. The third kappa shape index (κ3) is 2.57. The first kappa shape index (κ1) is 18.1. The molecule has 29 heavy (non-hydrogen) atoms. The number of imide groups is 1. The van der Waals surface area contributed by atoms with Crippen LogP contribution in [0.5, 0.6) is 0 Å². The van der Waals surface area contributed by atoms with E-state index in [1.54, 1.807) is 6.07 Å². The van der Waals surface area contributed by atoms with Gasteiger partial charge in [0.05, 0.1) is 23.6 Å². The van der Waals surface area contributed by atoms with E-state index in [0.29, 0.717) is 18.5 Å². The van der Waals surface area contributed by atoms with Crippen LogP contribution in [0, 0.1) is 23.5 Å². The quantitative estimate of drug-likeness (QED) is 0.591. The molecule has 4 atom stereocenters. The smallest absolute Gasteiger partial charge is 0.239 e. The summed E-state index contributed by atoms with van der Waals surface area (Å²) in [5.74, 6) is -3.93. The van der Waals surface area contributed by atoms with Gasteiger partial charge in [0.1, 0.15) is 11.6 Å². The van der Waals surface area contributed by atoms with Gasteiger partial charge in [0.25, 0.3) is 0 Å². The summed E-state index contributed by atoms with van der Waals surface area (Å²) in [6, 6.07) is 9.83. The molecule has 3 saturated heterocycles. The van der Waals surface area contributed by atoms with Crippen molar-refractivity contribution in [2.75, 3.05) is 11.4 Å². The van der Waals surface area contributed by atoms with Gasteiger partial charge in [-0.15, -0.1) is 0 Å². The molecule has 2 amide bonds. The number of rotatable bonds is 3. The minimum Gasteiger partial charge on any atom is -0.292 e. The first-order valence-electron chi connectivity index (χ1n) is 9.67. The van der Waals surface area contributed by atoms with Crippen molar-refractivity contribution in [1.29, 1.82) is 0 Å². The number of para-hydroxylation sites is 1. The standard InChI is InChI=1S/C22H18F2N2O3/c23-13-9-7-12(8-10-13)20(27)19-18-17(16-6-3-11-25(16)19)21(28)26(22(18)29)15-5-2-1-4-14(15)24/h1-2,4-5,7-10,16-19H,3,6,11H2/t16-,17-,18-,19+/m1/s1. The molecule has 0 bridgehead atoms. The Balaban J connectivity index is 1.56. The summed E-state index contributed by atoms with van der Waals surface area (Å²) < 4.78 is 27.6. The van der Waals surface area contributed by atoms with Crippen LogP contribution in [0.3, 0.4) is 0 Å². The maximum atomic E-state index is 14.3. The topological polar surface area (TPSA) is 57.7 Å². The number of carbonyl (C=O) groups is 3. The second-order valence-corrected chi connectivity index (χ2v) is 7.78. The lowest BCUT2D eigenvalue weighted by Gasteiger charge is -2.27. The number of halogens is 2. The van der Waals surface area contributed by atoms with E-state index >= 15 is 0 Å². The zero-order valence-electron chi connectivity index (χ0n) is 15.4. The molecule has 0 aromatic heterocycles. The number of amides is 2. The van der Waals surface area contributed by atoms with Crippen LogP contribution in [0.1, 0.15) is 23.2 Å². The minimum atomic E-state index is -0.857. The molecule has 5 nitrogen and oxygen atoms in total. The highest BCUT2D eigenvalue weighted by atomic mass is 19.1. The van der Waals surface area contributed by atoms with E-state index in [1.165, 1.54) is 42.5 Å². The number of hydrogen-bond donors (Lipinski definition) is 0. The number of benzene rings is 2. The molecule has 3 fully saturated rings. The van der Waals surface area contributed by atoms with Gasteiger partial charge in [0.15, 0.2) is 5.78 Å². The van der Waals surface area contributed by atoms with Crippen molar-refractivity contribution in [3.63, 3.8) is 0 Å². The van der Waals surface area contributed by atoms with Crippen LogP contribution < -0.4 is 4.90 Å². The molecule has 0 unspecified atom stereocenters. The van der Waals surface area contributed by atoms with Crippen LogP contribution >= 0.6 is 0 Å². The molecule has 2 aromatic rings. The molecule has 0 N–H and O–H groups in total. The van der Waals surface area contributed by atoms with Crippen LogP contribution in [0.4, 0.5) is 14.5 Å². The molecule has 0 spiro atoms. The monoisotopic (exact) mass is 396 g/mol. The Morgan fingerprint density at radius 2 is 1.62 bits per heavy atom. The van der Waals surface area contributed by atoms with Crippen molar-refractivity contribution in [1.82, 2.24) is 4.90 Å². The first-order chi connectivity index (χ1) is 14.0. The number of fused-ring (bicyclic) bond motifs is 3. The van der Waals surface area contributed by atoms with Gasteiger partial charge in [-0.25, -0.2) is 13.7 Å². The Hall–Kier alpha value is -2.93. The molecule has 0 aliphatic carbocycles. The number of Topliss-reactive ketones (excluding diaryl/α,β-unsaturated/α-hetero) is 1. The average molecular weight is 396 g/mol. The predicted molar refractivity (Wildman–Crippen MR) is 100 cm³/mol. The molecule has 5 rings (SSSR count). The van der Waals surface area contributed by atoms with Gasteiger partial charge in [-0.3, -0.25) is 19.3 Å². The molecule has 2 aromatic carbocycles. The molecule has 148 valence electrons. The number of hydrogen-bond acceptors (Lipinski definition) is 4. The van der Waals surface area contributed by atoms with E-state index in [9.17, 15) is 23.2 Å². The van der Waals surface area contributed by atoms with Crippen molar-refractivity contribution in [2.24, 2.45) is 11.8 Å². The molecular weight excluding hydrogens is 378 g/mol. The molecule has 3 aliphatic rings. The lowest BCUT2D eigenvalue weighted by atomic mass is 9.85. The number of carbonyl (C=O) groups excluding carboxylic acids is 3. The van der Waals surface area contributed by atoms with E-state index < -0.39 is 41.3 Å². The Bertz CT molecular complexity index is 1020. The highest BCUT2D eigenvalue weighted by Gasteiger charge is 2.64. The van der Waals surface area contributed by atoms with E-state index in [2.05, 4.69) is 0 Å². The Kier molecular flexibility index (Phi) is 4.10. The third-order valence-electron chi connectivity index (χ3n) is 6.34. The second-order valence-electron chi connectivity index (χ2n) is 7.78. The molecule has 0 saturated carbocycles. The Labute approximate surface area is 165 Å². The van der Waals surface area contributed by atoms with Gasteiger partial charge in [0.2, 0.25) is 11.8 Å². The highest BCUT2D eigenvalue weighted by Crippen LogP contribution is 2.48. The van der Waals surface area contributed by atoms with Crippen LogP contribution in [0.2, 0.25) is 0 Å². The molecule has 3 aliphatic heterocycles. The van der Waals surface area contributed by atoms with Crippen molar-refractivity contribution < 1.29 is 23.2 Å². The molecule has 3 heterocycles. The zero-order valence-corrected chi connectivity index (χ0v) is 15.4. The number of ketones is 1. The van der Waals surface area contributed by atoms with Gasteiger partial charge < -0.3 is 0 Å². The molecule has 0 radical (unpaired) electrons. The first-order valence-corrected chi connectivity index (χ1v) is 9.67. The number of nitrogens with zero attached hydrogens (tertiary/aromatic N) is 2. The van der Waals surface area contributed by atoms with Gasteiger partial charge in [0, 0.05) is 11.6 Å². The van der Waals surface area contributed by atoms with Gasteiger partial charge >= 0.3 is 0 Å². The lowest BCUT2D eigenvalue weighted by molar-refractivity contribution is -0.123.